The molecule has 0 bridgehead atoms. The molecule has 2 nitrogen and oxygen atoms in total. The van der Waals surface area contributed by atoms with Gasteiger partial charge in [0.2, 0.25) is 0 Å². The number of aryl methyl sites for hydroxylation is 2. The third kappa shape index (κ3) is 3.53. The first-order chi connectivity index (χ1) is 10.2. The molecule has 0 saturated heterocycles. The van der Waals surface area contributed by atoms with Crippen molar-refractivity contribution in [3.8, 4) is 0 Å². The first-order valence-electron chi connectivity index (χ1n) is 8.18. The van der Waals surface area contributed by atoms with Crippen molar-refractivity contribution in [2.45, 2.75) is 57.8 Å². The van der Waals surface area contributed by atoms with Gasteiger partial charge in [-0.05, 0) is 55.6 Å². The zero-order valence-electron chi connectivity index (χ0n) is 12.5. The molecule has 116 valence electrons. The summed E-state index contributed by atoms with van der Waals surface area (Å²) >= 11 is 5.38. The van der Waals surface area contributed by atoms with Gasteiger partial charge in [-0.25, -0.2) is 0 Å². The van der Waals surface area contributed by atoms with E-state index in [1.165, 1.54) is 61.8 Å². The Morgan fingerprint density at radius 3 is 2.67 bits per heavy atom. The maximum Gasteiger partial charge on any atom is 0.261 e. The number of rotatable bonds is 4. The second kappa shape index (κ2) is 6.82. The molecule has 1 N–H and O–H groups in total. The van der Waals surface area contributed by atoms with Crippen LogP contribution in [0.5, 0.6) is 0 Å². The predicted molar refractivity (Wildman–Crippen MR) is 92.6 cm³/mol. The largest absolute Gasteiger partial charge is 0.351 e. The Hall–Kier alpha value is -0.350. The summed E-state index contributed by atoms with van der Waals surface area (Å²) in [5, 5.41) is 4.21. The van der Waals surface area contributed by atoms with Gasteiger partial charge >= 0.3 is 0 Å². The van der Waals surface area contributed by atoms with Crippen molar-refractivity contribution in [2.24, 2.45) is 5.41 Å². The van der Waals surface area contributed by atoms with Crippen LogP contribution in [0.2, 0.25) is 0 Å². The number of fused-ring (bicyclic) bond motifs is 1. The van der Waals surface area contributed by atoms with Crippen molar-refractivity contribution in [2.75, 3.05) is 11.9 Å². The Morgan fingerprint density at radius 2 is 1.95 bits per heavy atom. The molecule has 0 radical (unpaired) electrons. The van der Waals surface area contributed by atoms with E-state index in [4.69, 9.17) is 0 Å². The summed E-state index contributed by atoms with van der Waals surface area (Å²) < 4.78 is 0. The number of halogens is 1. The van der Waals surface area contributed by atoms with Gasteiger partial charge in [-0.1, -0.05) is 35.2 Å². The fourth-order valence-corrected chi connectivity index (χ4v) is 5.55. The Balaban J connectivity index is 1.62. The number of alkyl halides is 1. The minimum absolute atomic E-state index is 0.139. The summed E-state index contributed by atoms with van der Waals surface area (Å²) in [5.74, 6) is 0.139. The standard InChI is InChI=1S/C17H24BrNOS/c18-11-17(8-4-1-5-9-17)12-19-16(20)15-10-13-6-2-3-7-14(13)21-15/h10H,1-9,11-12H2,(H,19,20). The fourth-order valence-electron chi connectivity index (χ4n) is 3.62. The number of nitrogens with one attached hydrogen (secondary N) is 1. The van der Waals surface area contributed by atoms with Crippen molar-refractivity contribution >= 4 is 33.2 Å². The van der Waals surface area contributed by atoms with Gasteiger partial charge in [-0.2, -0.15) is 0 Å². The van der Waals surface area contributed by atoms with Gasteiger partial charge in [0.25, 0.3) is 5.91 Å². The Bertz CT molecular complexity index is 481. The van der Waals surface area contributed by atoms with Crippen LogP contribution in [0.3, 0.4) is 0 Å². The van der Waals surface area contributed by atoms with Crippen LogP contribution in [0.1, 0.15) is 65.1 Å². The van der Waals surface area contributed by atoms with Crippen LogP contribution >= 0.6 is 27.3 Å². The molecule has 2 aliphatic carbocycles. The molecule has 0 spiro atoms. The molecule has 21 heavy (non-hydrogen) atoms. The highest BCUT2D eigenvalue weighted by molar-refractivity contribution is 9.09. The van der Waals surface area contributed by atoms with Gasteiger partial charge in [-0.3, -0.25) is 4.79 Å². The summed E-state index contributed by atoms with van der Waals surface area (Å²) in [6.45, 7) is 0.819. The smallest absolute Gasteiger partial charge is 0.261 e. The lowest BCUT2D eigenvalue weighted by atomic mass is 9.75. The Morgan fingerprint density at radius 1 is 1.19 bits per heavy atom. The van der Waals surface area contributed by atoms with Crippen LogP contribution in [-0.2, 0) is 12.8 Å². The second-order valence-electron chi connectivity index (χ2n) is 6.64. The molecule has 1 heterocycles. The third-order valence-electron chi connectivity index (χ3n) is 5.04. The molecular weight excluding hydrogens is 346 g/mol. The summed E-state index contributed by atoms with van der Waals surface area (Å²) in [6, 6.07) is 2.14. The van der Waals surface area contributed by atoms with E-state index in [0.717, 1.165) is 23.2 Å². The van der Waals surface area contributed by atoms with E-state index in [1.54, 1.807) is 11.3 Å². The lowest BCUT2D eigenvalue weighted by Gasteiger charge is -2.35. The van der Waals surface area contributed by atoms with Crippen molar-refractivity contribution in [3.63, 3.8) is 0 Å². The predicted octanol–water partition coefficient (Wildman–Crippen LogP) is 4.70. The maximum atomic E-state index is 12.4. The van der Waals surface area contributed by atoms with E-state index in [-0.39, 0.29) is 11.3 Å². The van der Waals surface area contributed by atoms with Crippen molar-refractivity contribution in [3.05, 3.63) is 21.4 Å². The van der Waals surface area contributed by atoms with Crippen LogP contribution in [0.25, 0.3) is 0 Å². The number of amides is 1. The van der Waals surface area contributed by atoms with Crippen molar-refractivity contribution in [1.82, 2.24) is 5.32 Å². The normalized spacial score (nSPS) is 20.8. The minimum Gasteiger partial charge on any atom is -0.351 e. The molecule has 4 heteroatoms. The summed E-state index contributed by atoms with van der Waals surface area (Å²) in [7, 11) is 0. The second-order valence-corrected chi connectivity index (χ2v) is 8.34. The first-order valence-corrected chi connectivity index (χ1v) is 10.1. The molecule has 2 aliphatic rings. The SMILES string of the molecule is O=C(NCC1(CBr)CCCCC1)c1cc2c(s1)CCCC2. The van der Waals surface area contributed by atoms with Crippen molar-refractivity contribution in [1.29, 1.82) is 0 Å². The number of hydrogen-bond donors (Lipinski definition) is 1. The topological polar surface area (TPSA) is 29.1 Å². The van der Waals surface area contributed by atoms with E-state index >= 15 is 0 Å². The van der Waals surface area contributed by atoms with Gasteiger partial charge < -0.3 is 5.32 Å². The van der Waals surface area contributed by atoms with Crippen molar-refractivity contribution < 1.29 is 4.79 Å². The highest BCUT2D eigenvalue weighted by Crippen LogP contribution is 2.37. The third-order valence-corrected chi connectivity index (χ3v) is 7.47. The van der Waals surface area contributed by atoms with E-state index in [0.29, 0.717) is 0 Å². The number of carbonyl (C=O) groups excluding carboxylic acids is 1. The molecule has 1 fully saturated rings. The average molecular weight is 370 g/mol. The Labute approximate surface area is 139 Å². The number of hydrogen-bond acceptors (Lipinski definition) is 2. The van der Waals surface area contributed by atoms with E-state index in [2.05, 4.69) is 27.3 Å². The molecule has 0 aromatic carbocycles. The zero-order valence-corrected chi connectivity index (χ0v) is 15.0. The van der Waals surface area contributed by atoms with Gasteiger partial charge in [0.15, 0.2) is 0 Å². The van der Waals surface area contributed by atoms with Gasteiger partial charge in [-0.15, -0.1) is 11.3 Å². The average Bonchev–Trinajstić information content (AvgIpc) is 2.97. The lowest BCUT2D eigenvalue weighted by Crippen LogP contribution is -2.40. The molecule has 1 aromatic rings. The fraction of sp³-hybridized carbons (Fsp3) is 0.706. The first kappa shape index (κ1) is 15.5. The minimum atomic E-state index is 0.139. The van der Waals surface area contributed by atoms with Crippen LogP contribution in [0.15, 0.2) is 6.07 Å². The van der Waals surface area contributed by atoms with Crippen LogP contribution in [0.4, 0.5) is 0 Å². The molecule has 0 atom stereocenters. The van der Waals surface area contributed by atoms with Gasteiger partial charge in [0.1, 0.15) is 0 Å². The Kier molecular flexibility index (Phi) is 5.05. The molecule has 0 aliphatic heterocycles. The van der Waals surface area contributed by atoms with Crippen LogP contribution in [-0.4, -0.2) is 17.8 Å². The molecule has 1 saturated carbocycles. The quantitative estimate of drug-likeness (QED) is 0.765. The highest BCUT2D eigenvalue weighted by Gasteiger charge is 2.31. The van der Waals surface area contributed by atoms with E-state index < -0.39 is 0 Å². The number of carbonyl (C=O) groups is 1. The molecule has 1 aromatic heterocycles. The van der Waals surface area contributed by atoms with Crippen LogP contribution in [0, 0.1) is 5.41 Å². The van der Waals surface area contributed by atoms with E-state index in [1.807, 2.05) is 0 Å². The number of thiophene rings is 1. The summed E-state index contributed by atoms with van der Waals surface area (Å²) in [4.78, 5) is 14.8. The van der Waals surface area contributed by atoms with E-state index in [9.17, 15) is 4.79 Å². The summed E-state index contributed by atoms with van der Waals surface area (Å²) in [6.07, 6.45) is 11.3. The molecule has 3 rings (SSSR count). The van der Waals surface area contributed by atoms with Gasteiger partial charge in [0.05, 0.1) is 4.88 Å². The van der Waals surface area contributed by atoms with Crippen LogP contribution < -0.4 is 5.32 Å². The highest BCUT2D eigenvalue weighted by atomic mass is 79.9. The maximum absolute atomic E-state index is 12.4. The molecule has 1 amide bonds. The van der Waals surface area contributed by atoms with Gasteiger partial charge in [0, 0.05) is 16.8 Å². The lowest BCUT2D eigenvalue weighted by molar-refractivity contribution is 0.0926. The monoisotopic (exact) mass is 369 g/mol. The summed E-state index contributed by atoms with van der Waals surface area (Å²) in [5.41, 5.74) is 1.70. The molecular formula is C17H24BrNOS. The molecule has 0 unspecified atom stereocenters. The zero-order chi connectivity index (χ0) is 14.7.